The summed E-state index contributed by atoms with van der Waals surface area (Å²) < 4.78 is 0. The van der Waals surface area contributed by atoms with Gasteiger partial charge in [-0.15, -0.1) is 0 Å². The van der Waals surface area contributed by atoms with E-state index in [-0.39, 0.29) is 24.8 Å². The Balaban J connectivity index is 2.31. The van der Waals surface area contributed by atoms with E-state index in [1.54, 1.807) is 4.90 Å². The van der Waals surface area contributed by atoms with Crippen LogP contribution in [0.2, 0.25) is 0 Å². The fourth-order valence-electron chi connectivity index (χ4n) is 1.76. The van der Waals surface area contributed by atoms with Gasteiger partial charge in [0, 0.05) is 19.5 Å². The normalized spacial score (nSPS) is 18.2. The lowest BCUT2D eigenvalue weighted by Crippen LogP contribution is -2.41. The number of carbonyl (C=O) groups is 2. The number of carbonyl (C=O) groups excluding carboxylic acids is 1. The molecular formula is C9H16N2O3. The van der Waals surface area contributed by atoms with Gasteiger partial charge in [0.15, 0.2) is 0 Å². The summed E-state index contributed by atoms with van der Waals surface area (Å²) >= 11 is 0. The van der Waals surface area contributed by atoms with E-state index in [1.807, 2.05) is 0 Å². The van der Waals surface area contributed by atoms with Gasteiger partial charge in [0.05, 0.1) is 6.54 Å². The molecule has 0 saturated carbocycles. The van der Waals surface area contributed by atoms with E-state index in [0.717, 1.165) is 12.8 Å². The van der Waals surface area contributed by atoms with Crippen molar-refractivity contribution in [3.8, 4) is 0 Å². The maximum atomic E-state index is 11.2. The first-order valence-electron chi connectivity index (χ1n) is 4.83. The van der Waals surface area contributed by atoms with Gasteiger partial charge >= 0.3 is 5.97 Å². The van der Waals surface area contributed by atoms with Crippen molar-refractivity contribution in [2.45, 2.75) is 19.3 Å². The van der Waals surface area contributed by atoms with E-state index in [4.69, 9.17) is 10.8 Å². The molecule has 5 nitrogen and oxygen atoms in total. The van der Waals surface area contributed by atoms with Gasteiger partial charge in [0.1, 0.15) is 0 Å². The molecule has 1 aliphatic rings. The number of piperidine rings is 1. The number of hydrogen-bond acceptors (Lipinski definition) is 3. The first-order valence-corrected chi connectivity index (χ1v) is 4.83. The fraction of sp³-hybridized carbons (Fsp3) is 0.778. The van der Waals surface area contributed by atoms with Gasteiger partial charge in [0.25, 0.3) is 0 Å². The third-order valence-electron chi connectivity index (χ3n) is 2.61. The molecule has 3 N–H and O–H groups in total. The predicted molar refractivity (Wildman–Crippen MR) is 50.6 cm³/mol. The Morgan fingerprint density at radius 1 is 1.36 bits per heavy atom. The largest absolute Gasteiger partial charge is 0.481 e. The first kappa shape index (κ1) is 11.0. The quantitative estimate of drug-likeness (QED) is 0.652. The highest BCUT2D eigenvalue weighted by Crippen LogP contribution is 2.20. The van der Waals surface area contributed by atoms with E-state index in [9.17, 15) is 9.59 Å². The molecule has 1 heterocycles. The average molecular weight is 200 g/mol. The highest BCUT2D eigenvalue weighted by atomic mass is 16.4. The third kappa shape index (κ3) is 2.99. The number of rotatable bonds is 3. The molecule has 80 valence electrons. The van der Waals surface area contributed by atoms with Crippen molar-refractivity contribution >= 4 is 11.9 Å². The van der Waals surface area contributed by atoms with Crippen LogP contribution in [-0.4, -0.2) is 41.5 Å². The molecule has 0 aromatic rings. The summed E-state index contributed by atoms with van der Waals surface area (Å²) in [6.07, 6.45) is 1.76. The average Bonchev–Trinajstić information content (AvgIpc) is 2.17. The van der Waals surface area contributed by atoms with Crippen LogP contribution >= 0.6 is 0 Å². The molecule has 0 radical (unpaired) electrons. The molecule has 0 aromatic heterocycles. The van der Waals surface area contributed by atoms with E-state index in [1.165, 1.54) is 0 Å². The van der Waals surface area contributed by atoms with Crippen LogP contribution in [0.25, 0.3) is 0 Å². The lowest BCUT2D eigenvalue weighted by Gasteiger charge is -2.31. The van der Waals surface area contributed by atoms with Crippen molar-refractivity contribution in [3.05, 3.63) is 0 Å². The molecule has 14 heavy (non-hydrogen) atoms. The van der Waals surface area contributed by atoms with Crippen molar-refractivity contribution < 1.29 is 14.7 Å². The SMILES string of the molecule is NCC(=O)N1CCC(CC(=O)O)CC1. The molecule has 1 fully saturated rings. The Hall–Kier alpha value is -1.10. The summed E-state index contributed by atoms with van der Waals surface area (Å²) in [6.45, 7) is 1.34. The molecular weight excluding hydrogens is 184 g/mol. The maximum absolute atomic E-state index is 11.2. The molecule has 1 saturated heterocycles. The second-order valence-electron chi connectivity index (χ2n) is 3.63. The summed E-state index contributed by atoms with van der Waals surface area (Å²) in [5.74, 6) is -0.582. The molecule has 0 bridgehead atoms. The highest BCUT2D eigenvalue weighted by molar-refractivity contribution is 5.78. The van der Waals surface area contributed by atoms with Gasteiger partial charge in [-0.1, -0.05) is 0 Å². The number of likely N-dealkylation sites (tertiary alicyclic amines) is 1. The second kappa shape index (κ2) is 4.95. The highest BCUT2D eigenvalue weighted by Gasteiger charge is 2.23. The molecule has 1 amide bonds. The standard InChI is InChI=1S/C9H16N2O3/c10-6-8(12)11-3-1-7(2-4-11)5-9(13)14/h7H,1-6,10H2,(H,13,14). The van der Waals surface area contributed by atoms with Crippen LogP contribution in [0.4, 0.5) is 0 Å². The third-order valence-corrected chi connectivity index (χ3v) is 2.61. The number of amides is 1. The summed E-state index contributed by atoms with van der Waals surface area (Å²) in [7, 11) is 0. The Morgan fingerprint density at radius 2 is 1.93 bits per heavy atom. The van der Waals surface area contributed by atoms with Crippen molar-refractivity contribution in [1.82, 2.24) is 4.90 Å². The summed E-state index contributed by atoms with van der Waals surface area (Å²) in [5, 5.41) is 8.59. The van der Waals surface area contributed by atoms with Gasteiger partial charge in [-0.25, -0.2) is 0 Å². The van der Waals surface area contributed by atoms with Crippen molar-refractivity contribution in [1.29, 1.82) is 0 Å². The number of nitrogens with zero attached hydrogens (tertiary/aromatic N) is 1. The zero-order valence-corrected chi connectivity index (χ0v) is 8.11. The Kier molecular flexibility index (Phi) is 3.88. The van der Waals surface area contributed by atoms with Gasteiger partial charge < -0.3 is 15.7 Å². The number of hydrogen-bond donors (Lipinski definition) is 2. The van der Waals surface area contributed by atoms with E-state index < -0.39 is 5.97 Å². The van der Waals surface area contributed by atoms with Crippen LogP contribution in [0.3, 0.4) is 0 Å². The second-order valence-corrected chi connectivity index (χ2v) is 3.63. The lowest BCUT2D eigenvalue weighted by molar-refractivity contribution is -0.138. The fourth-order valence-corrected chi connectivity index (χ4v) is 1.76. The van der Waals surface area contributed by atoms with Crippen molar-refractivity contribution in [3.63, 3.8) is 0 Å². The first-order chi connectivity index (χ1) is 6.63. The molecule has 5 heteroatoms. The summed E-state index contributed by atoms with van der Waals surface area (Å²) in [5.41, 5.74) is 5.23. The maximum Gasteiger partial charge on any atom is 0.303 e. The number of carboxylic acids is 1. The smallest absolute Gasteiger partial charge is 0.303 e. The Morgan fingerprint density at radius 3 is 2.36 bits per heavy atom. The molecule has 1 aliphatic heterocycles. The minimum Gasteiger partial charge on any atom is -0.481 e. The monoisotopic (exact) mass is 200 g/mol. The molecule has 0 spiro atoms. The predicted octanol–water partition coefficient (Wildman–Crippen LogP) is -0.342. The minimum atomic E-state index is -0.756. The van der Waals surface area contributed by atoms with Crippen LogP contribution in [0.1, 0.15) is 19.3 Å². The molecule has 0 aliphatic carbocycles. The number of carboxylic acid groups (broad SMARTS) is 1. The van der Waals surface area contributed by atoms with Gasteiger partial charge in [-0.3, -0.25) is 9.59 Å². The number of aliphatic carboxylic acids is 1. The van der Waals surface area contributed by atoms with Crippen LogP contribution in [0.15, 0.2) is 0 Å². The van der Waals surface area contributed by atoms with Crippen LogP contribution in [-0.2, 0) is 9.59 Å². The van der Waals surface area contributed by atoms with Crippen LogP contribution < -0.4 is 5.73 Å². The van der Waals surface area contributed by atoms with E-state index in [2.05, 4.69) is 0 Å². The van der Waals surface area contributed by atoms with Crippen LogP contribution in [0.5, 0.6) is 0 Å². The summed E-state index contributed by atoms with van der Waals surface area (Å²) in [6, 6.07) is 0. The Labute approximate surface area is 82.9 Å². The van der Waals surface area contributed by atoms with Crippen molar-refractivity contribution in [2.24, 2.45) is 11.7 Å². The molecule has 0 aromatic carbocycles. The van der Waals surface area contributed by atoms with E-state index >= 15 is 0 Å². The molecule has 1 rings (SSSR count). The van der Waals surface area contributed by atoms with Gasteiger partial charge in [-0.2, -0.15) is 0 Å². The molecule has 0 unspecified atom stereocenters. The van der Waals surface area contributed by atoms with Gasteiger partial charge in [-0.05, 0) is 18.8 Å². The topological polar surface area (TPSA) is 83.6 Å². The zero-order valence-electron chi connectivity index (χ0n) is 8.11. The zero-order chi connectivity index (χ0) is 10.6. The van der Waals surface area contributed by atoms with E-state index in [0.29, 0.717) is 13.1 Å². The minimum absolute atomic E-state index is 0.0428. The Bertz CT molecular complexity index is 222. The summed E-state index contributed by atoms with van der Waals surface area (Å²) in [4.78, 5) is 23.3. The molecule has 0 atom stereocenters. The lowest BCUT2D eigenvalue weighted by atomic mass is 9.93. The number of nitrogens with two attached hydrogens (primary N) is 1. The van der Waals surface area contributed by atoms with Crippen LogP contribution in [0, 0.1) is 5.92 Å². The van der Waals surface area contributed by atoms with Crippen molar-refractivity contribution in [2.75, 3.05) is 19.6 Å². The van der Waals surface area contributed by atoms with Gasteiger partial charge in [0.2, 0.25) is 5.91 Å².